The van der Waals surface area contributed by atoms with Crippen LogP contribution in [0.1, 0.15) is 70.6 Å². The zero-order valence-corrected chi connectivity index (χ0v) is 31.1. The third-order valence-corrected chi connectivity index (χ3v) is 6.56. The summed E-state index contributed by atoms with van der Waals surface area (Å²) in [5.74, 6) is -0.301. The van der Waals surface area contributed by atoms with Crippen molar-refractivity contribution in [1.29, 1.82) is 0 Å². The molecule has 0 radical (unpaired) electrons. The Balaban J connectivity index is 0.000000746. The van der Waals surface area contributed by atoms with Crippen molar-refractivity contribution < 1.29 is 28.7 Å². The van der Waals surface area contributed by atoms with E-state index in [4.69, 9.17) is 20.9 Å². The number of benzene rings is 3. The van der Waals surface area contributed by atoms with Crippen LogP contribution < -0.4 is 22.1 Å². The van der Waals surface area contributed by atoms with Crippen LogP contribution in [0.15, 0.2) is 115 Å². The largest absolute Gasteiger partial charge is 0.445 e. The van der Waals surface area contributed by atoms with E-state index in [9.17, 15) is 19.2 Å². The Kier molecular flexibility index (Phi) is 26.4. The SMILES string of the molecule is C/C=C\C(=C/CC)COC(=O)NCC(N)=O.CCCC(C)C.Cc1ccccc1.NC(=O)C(Cc1ccccc1)NC(=O)OCc1ccccc1. The molecule has 0 saturated heterocycles. The van der Waals surface area contributed by atoms with Gasteiger partial charge in [0.05, 0.1) is 6.54 Å². The highest BCUT2D eigenvalue weighted by Gasteiger charge is 2.19. The highest BCUT2D eigenvalue weighted by atomic mass is 16.6. The van der Waals surface area contributed by atoms with Crippen molar-refractivity contribution in [3.8, 4) is 0 Å². The second kappa shape index (κ2) is 29.5. The maximum Gasteiger partial charge on any atom is 0.408 e. The summed E-state index contributed by atoms with van der Waals surface area (Å²) < 4.78 is 9.97. The van der Waals surface area contributed by atoms with E-state index in [1.807, 2.05) is 111 Å². The molecule has 0 fully saturated rings. The van der Waals surface area contributed by atoms with Gasteiger partial charge in [-0.05, 0) is 42.9 Å². The smallest absolute Gasteiger partial charge is 0.408 e. The Morgan fingerprint density at radius 3 is 1.75 bits per heavy atom. The standard InChI is InChI=1S/C17H18N2O3.C11H18N2O3.C7H8.C6H14/c18-16(20)15(11-13-7-3-1-4-8-13)19-17(21)22-12-14-9-5-2-6-10-14;1-3-5-9(6-4-2)8-16-11(15)13-7-10(12)14;1-7-5-3-2-4-6-7;1-4-5-6(2)3/h1-10,15H,11-12H2,(H2,18,20)(H,19,21);3,5-6H,4,7-8H2,1-2H3,(H2,12,14)(H,13,15);2-6H,1H3;6H,4-5H2,1-3H3/b;5-3-,9-6+;;. The van der Waals surface area contributed by atoms with Crippen LogP contribution in [0.2, 0.25) is 0 Å². The van der Waals surface area contributed by atoms with Crippen LogP contribution in [0, 0.1) is 12.8 Å². The molecule has 0 aliphatic rings. The van der Waals surface area contributed by atoms with Gasteiger partial charge in [0.2, 0.25) is 11.8 Å². The quantitative estimate of drug-likeness (QED) is 0.127. The van der Waals surface area contributed by atoms with E-state index in [-0.39, 0.29) is 19.8 Å². The van der Waals surface area contributed by atoms with E-state index < -0.39 is 30.0 Å². The van der Waals surface area contributed by atoms with Crippen LogP contribution in [-0.4, -0.2) is 43.2 Å². The monoisotopic (exact) mass is 702 g/mol. The van der Waals surface area contributed by atoms with Crippen LogP contribution in [0.25, 0.3) is 0 Å². The molecular formula is C41H58N4O6. The van der Waals surface area contributed by atoms with Gasteiger partial charge in [0, 0.05) is 6.42 Å². The predicted molar refractivity (Wildman–Crippen MR) is 206 cm³/mol. The van der Waals surface area contributed by atoms with Gasteiger partial charge < -0.3 is 31.6 Å². The fourth-order valence-electron chi connectivity index (χ4n) is 4.10. The first-order valence-corrected chi connectivity index (χ1v) is 17.2. The zero-order valence-electron chi connectivity index (χ0n) is 31.1. The van der Waals surface area contributed by atoms with Gasteiger partial charge >= 0.3 is 12.2 Å². The fraction of sp³-hybridized carbons (Fsp3) is 0.366. The lowest BCUT2D eigenvalue weighted by molar-refractivity contribution is -0.120. The average molecular weight is 703 g/mol. The van der Waals surface area contributed by atoms with Crippen molar-refractivity contribution in [2.45, 2.75) is 79.9 Å². The highest BCUT2D eigenvalue weighted by Crippen LogP contribution is 2.05. The average Bonchev–Trinajstić information content (AvgIpc) is 3.11. The summed E-state index contributed by atoms with van der Waals surface area (Å²) in [6.45, 7) is 12.8. The Bertz CT molecular complexity index is 1430. The zero-order chi connectivity index (χ0) is 38.3. The van der Waals surface area contributed by atoms with Gasteiger partial charge in [-0.1, -0.05) is 155 Å². The molecule has 0 spiro atoms. The van der Waals surface area contributed by atoms with Crippen LogP contribution in [0.4, 0.5) is 9.59 Å². The Labute approximate surface area is 304 Å². The Morgan fingerprint density at radius 2 is 1.33 bits per heavy atom. The summed E-state index contributed by atoms with van der Waals surface area (Å²) in [5, 5.41) is 4.73. The molecule has 10 heteroatoms. The van der Waals surface area contributed by atoms with Gasteiger partial charge in [0.1, 0.15) is 19.3 Å². The number of aryl methyl sites for hydroxylation is 1. The fourth-order valence-corrected chi connectivity index (χ4v) is 4.10. The Morgan fingerprint density at radius 1 is 0.784 bits per heavy atom. The number of ether oxygens (including phenoxy) is 2. The molecule has 0 aliphatic carbocycles. The topological polar surface area (TPSA) is 163 Å². The number of rotatable bonds is 14. The number of nitrogens with two attached hydrogens (primary N) is 2. The van der Waals surface area contributed by atoms with Gasteiger partial charge in [-0.2, -0.15) is 0 Å². The van der Waals surface area contributed by atoms with Crippen molar-refractivity contribution in [1.82, 2.24) is 10.6 Å². The number of hydrogen-bond donors (Lipinski definition) is 4. The van der Waals surface area contributed by atoms with E-state index in [0.717, 1.165) is 29.0 Å². The molecule has 10 nitrogen and oxygen atoms in total. The van der Waals surface area contributed by atoms with Crippen LogP contribution in [0.5, 0.6) is 0 Å². The van der Waals surface area contributed by atoms with Crippen molar-refractivity contribution in [2.24, 2.45) is 17.4 Å². The lowest BCUT2D eigenvalue weighted by atomic mass is 10.1. The minimum absolute atomic E-state index is 0.142. The number of carbonyl (C=O) groups excluding carboxylic acids is 4. The van der Waals surface area contributed by atoms with Gasteiger partial charge in [0.25, 0.3) is 0 Å². The molecule has 6 N–H and O–H groups in total. The summed E-state index contributed by atoms with van der Waals surface area (Å²) in [6.07, 6.45) is 8.28. The molecule has 1 atom stereocenters. The number of alkyl carbamates (subject to hydrolysis) is 2. The molecule has 0 aliphatic heterocycles. The number of nitrogens with one attached hydrogen (secondary N) is 2. The third-order valence-electron chi connectivity index (χ3n) is 6.56. The van der Waals surface area contributed by atoms with E-state index in [2.05, 4.69) is 50.5 Å². The number of carbonyl (C=O) groups is 4. The molecule has 3 aromatic rings. The minimum atomic E-state index is -0.800. The van der Waals surface area contributed by atoms with Crippen LogP contribution in [0.3, 0.4) is 0 Å². The first kappa shape index (κ1) is 45.6. The van der Waals surface area contributed by atoms with E-state index in [1.165, 1.54) is 18.4 Å². The van der Waals surface area contributed by atoms with Gasteiger partial charge in [-0.15, -0.1) is 0 Å². The second-order valence-electron chi connectivity index (χ2n) is 11.8. The summed E-state index contributed by atoms with van der Waals surface area (Å²) in [7, 11) is 0. The van der Waals surface area contributed by atoms with Crippen molar-refractivity contribution in [3.63, 3.8) is 0 Å². The summed E-state index contributed by atoms with van der Waals surface area (Å²) in [6, 6.07) is 28.1. The third kappa shape index (κ3) is 27.2. The number of allylic oxidation sites excluding steroid dienone is 2. The lowest BCUT2D eigenvalue weighted by Gasteiger charge is -2.15. The normalized spacial score (nSPS) is 10.9. The molecule has 4 amide bonds. The van der Waals surface area contributed by atoms with E-state index in [0.29, 0.717) is 6.42 Å². The molecule has 0 bridgehead atoms. The predicted octanol–water partition coefficient (Wildman–Crippen LogP) is 7.56. The van der Waals surface area contributed by atoms with Crippen molar-refractivity contribution in [2.75, 3.05) is 13.2 Å². The van der Waals surface area contributed by atoms with E-state index in [1.54, 1.807) is 0 Å². The summed E-state index contributed by atoms with van der Waals surface area (Å²) in [4.78, 5) is 44.7. The maximum absolute atomic E-state index is 11.8. The van der Waals surface area contributed by atoms with Crippen molar-refractivity contribution >= 4 is 24.0 Å². The molecule has 1 unspecified atom stereocenters. The van der Waals surface area contributed by atoms with Crippen LogP contribution in [-0.2, 0) is 32.1 Å². The number of hydrogen-bond acceptors (Lipinski definition) is 6. The van der Waals surface area contributed by atoms with Gasteiger partial charge in [-0.25, -0.2) is 9.59 Å². The molecule has 278 valence electrons. The molecule has 51 heavy (non-hydrogen) atoms. The number of primary amides is 2. The van der Waals surface area contributed by atoms with Crippen LogP contribution >= 0.6 is 0 Å². The minimum Gasteiger partial charge on any atom is -0.445 e. The molecular weight excluding hydrogens is 644 g/mol. The first-order chi connectivity index (χ1) is 24.4. The second-order valence-corrected chi connectivity index (χ2v) is 11.8. The summed E-state index contributed by atoms with van der Waals surface area (Å²) >= 11 is 0. The molecule has 3 rings (SSSR count). The lowest BCUT2D eigenvalue weighted by Crippen LogP contribution is -2.46. The molecule has 0 aromatic heterocycles. The van der Waals surface area contributed by atoms with Gasteiger partial charge in [0.15, 0.2) is 0 Å². The highest BCUT2D eigenvalue weighted by molar-refractivity contribution is 5.84. The number of amides is 4. The molecule has 0 saturated carbocycles. The van der Waals surface area contributed by atoms with Gasteiger partial charge in [-0.3, -0.25) is 9.59 Å². The summed E-state index contributed by atoms with van der Waals surface area (Å²) in [5.41, 5.74) is 14.2. The van der Waals surface area contributed by atoms with E-state index >= 15 is 0 Å². The maximum atomic E-state index is 11.8. The molecule has 3 aromatic carbocycles. The molecule has 0 heterocycles. The van der Waals surface area contributed by atoms with Crippen molar-refractivity contribution in [3.05, 3.63) is 131 Å². The Hall–Kier alpha value is -5.38. The first-order valence-electron chi connectivity index (χ1n) is 17.2.